The van der Waals surface area contributed by atoms with Crippen LogP contribution in [-0.2, 0) is 20.6 Å². The van der Waals surface area contributed by atoms with Gasteiger partial charge >= 0.3 is 5.69 Å². The molecule has 2 aromatic heterocycles. The van der Waals surface area contributed by atoms with E-state index in [1.807, 2.05) is 6.92 Å². The number of aryl methyl sites for hydroxylation is 1. The quantitative estimate of drug-likeness (QED) is 0.633. The van der Waals surface area contributed by atoms with Gasteiger partial charge in [-0.2, -0.15) is 0 Å². The number of thioether (sulfide) groups is 1. The van der Waals surface area contributed by atoms with E-state index in [4.69, 9.17) is 23.2 Å². The van der Waals surface area contributed by atoms with E-state index >= 15 is 0 Å². The number of imidazole rings is 1. The Kier molecular flexibility index (Phi) is 4.99. The summed E-state index contributed by atoms with van der Waals surface area (Å²) in [6, 6.07) is 5.27. The molecule has 0 spiro atoms. The highest BCUT2D eigenvalue weighted by Gasteiger charge is 2.20. The maximum Gasteiger partial charge on any atom is 0.332 e. The fraction of sp³-hybridized carbons (Fsp3) is 0.312. The lowest BCUT2D eigenvalue weighted by atomic mass is 10.2. The van der Waals surface area contributed by atoms with Crippen LogP contribution < -0.4 is 11.2 Å². The van der Waals surface area contributed by atoms with Crippen molar-refractivity contribution in [1.29, 1.82) is 0 Å². The van der Waals surface area contributed by atoms with Crippen LogP contribution in [0.1, 0.15) is 12.5 Å². The van der Waals surface area contributed by atoms with Crippen molar-refractivity contribution in [3.05, 3.63) is 54.6 Å². The number of hydrogen-bond donors (Lipinski definition) is 0. The monoisotopic (exact) mass is 398 g/mol. The molecule has 9 heteroatoms. The van der Waals surface area contributed by atoms with Crippen LogP contribution in [0.25, 0.3) is 11.2 Å². The average Bonchev–Trinajstić information content (AvgIpc) is 2.93. The Balaban J connectivity index is 2.35. The van der Waals surface area contributed by atoms with E-state index in [2.05, 4.69) is 4.98 Å². The van der Waals surface area contributed by atoms with Gasteiger partial charge in [0.1, 0.15) is 0 Å². The molecule has 0 aliphatic rings. The normalized spacial score (nSPS) is 11.4. The largest absolute Gasteiger partial charge is 0.332 e. The minimum atomic E-state index is -0.411. The standard InChI is InChI=1S/C16H16Cl2N4O2S/c1-4-25-15-19-13-12(14(23)21(3)16(24)20(13)2)22(15)8-9-10(17)6-5-7-11(9)18/h5-7H,4,8H2,1-3H3. The van der Waals surface area contributed by atoms with Gasteiger partial charge in [-0.3, -0.25) is 13.9 Å². The molecule has 132 valence electrons. The van der Waals surface area contributed by atoms with Gasteiger partial charge in [-0.05, 0) is 17.9 Å². The summed E-state index contributed by atoms with van der Waals surface area (Å²) >= 11 is 14.1. The Morgan fingerprint density at radius 1 is 1.12 bits per heavy atom. The van der Waals surface area contributed by atoms with E-state index in [-0.39, 0.29) is 0 Å². The maximum atomic E-state index is 12.7. The highest BCUT2D eigenvalue weighted by molar-refractivity contribution is 7.99. The summed E-state index contributed by atoms with van der Waals surface area (Å²) in [4.78, 5) is 29.4. The number of benzene rings is 1. The minimum Gasteiger partial charge on any atom is -0.308 e. The topological polar surface area (TPSA) is 61.8 Å². The number of halogens is 2. The fourth-order valence-electron chi connectivity index (χ4n) is 2.65. The van der Waals surface area contributed by atoms with Gasteiger partial charge in [-0.25, -0.2) is 9.78 Å². The van der Waals surface area contributed by atoms with E-state index in [9.17, 15) is 9.59 Å². The molecule has 0 N–H and O–H groups in total. The Bertz CT molecular complexity index is 1060. The van der Waals surface area contributed by atoms with Gasteiger partial charge in [0.05, 0.1) is 6.54 Å². The van der Waals surface area contributed by atoms with Crippen LogP contribution in [0.4, 0.5) is 0 Å². The van der Waals surface area contributed by atoms with Gasteiger partial charge in [0.15, 0.2) is 16.3 Å². The first kappa shape index (κ1) is 18.1. The van der Waals surface area contributed by atoms with Gasteiger partial charge in [0.2, 0.25) is 0 Å². The Labute approximate surface area is 158 Å². The summed E-state index contributed by atoms with van der Waals surface area (Å²) in [5.41, 5.74) is 0.616. The van der Waals surface area contributed by atoms with Gasteiger partial charge in [0, 0.05) is 29.7 Å². The van der Waals surface area contributed by atoms with Crippen LogP contribution in [-0.4, -0.2) is 24.4 Å². The molecule has 0 amide bonds. The third kappa shape index (κ3) is 3.01. The average molecular weight is 399 g/mol. The Hall–Kier alpha value is -1.70. The first-order valence-corrected chi connectivity index (χ1v) is 9.32. The highest BCUT2D eigenvalue weighted by atomic mass is 35.5. The van der Waals surface area contributed by atoms with Crippen molar-refractivity contribution in [2.24, 2.45) is 14.1 Å². The molecule has 6 nitrogen and oxygen atoms in total. The third-order valence-corrected chi connectivity index (χ3v) is 5.53. The zero-order valence-electron chi connectivity index (χ0n) is 13.9. The molecule has 0 aliphatic heterocycles. The Morgan fingerprint density at radius 2 is 1.76 bits per heavy atom. The van der Waals surface area contributed by atoms with Crippen molar-refractivity contribution in [3.63, 3.8) is 0 Å². The van der Waals surface area contributed by atoms with Crippen molar-refractivity contribution < 1.29 is 0 Å². The number of nitrogens with zero attached hydrogens (tertiary/aromatic N) is 4. The number of aromatic nitrogens is 4. The molecule has 3 aromatic rings. The van der Waals surface area contributed by atoms with Crippen LogP contribution in [0, 0.1) is 0 Å². The molecule has 25 heavy (non-hydrogen) atoms. The second-order valence-electron chi connectivity index (χ2n) is 5.49. The number of fused-ring (bicyclic) bond motifs is 1. The molecular weight excluding hydrogens is 383 g/mol. The van der Waals surface area contributed by atoms with E-state index in [0.29, 0.717) is 38.5 Å². The number of rotatable bonds is 4. The molecule has 0 radical (unpaired) electrons. The SMILES string of the molecule is CCSc1nc2c(c(=O)n(C)c(=O)n2C)n1Cc1c(Cl)cccc1Cl. The van der Waals surface area contributed by atoms with Crippen molar-refractivity contribution in [2.45, 2.75) is 18.6 Å². The van der Waals surface area contributed by atoms with Crippen molar-refractivity contribution in [1.82, 2.24) is 18.7 Å². The van der Waals surface area contributed by atoms with E-state index < -0.39 is 11.2 Å². The number of hydrogen-bond acceptors (Lipinski definition) is 4. The second-order valence-corrected chi connectivity index (χ2v) is 7.54. The molecule has 3 rings (SSSR count). The highest BCUT2D eigenvalue weighted by Crippen LogP contribution is 2.29. The molecule has 2 heterocycles. The van der Waals surface area contributed by atoms with Crippen LogP contribution in [0.15, 0.2) is 32.9 Å². The van der Waals surface area contributed by atoms with Crippen molar-refractivity contribution in [2.75, 3.05) is 5.75 Å². The fourth-order valence-corrected chi connectivity index (χ4v) is 3.89. The second kappa shape index (κ2) is 6.90. The van der Waals surface area contributed by atoms with Gasteiger partial charge < -0.3 is 4.57 Å². The molecule has 0 fully saturated rings. The lowest BCUT2D eigenvalue weighted by molar-refractivity contribution is 0.696. The Morgan fingerprint density at radius 3 is 2.36 bits per heavy atom. The summed E-state index contributed by atoms with van der Waals surface area (Å²) in [5, 5.41) is 1.68. The molecule has 0 saturated carbocycles. The van der Waals surface area contributed by atoms with Crippen LogP contribution in [0.5, 0.6) is 0 Å². The van der Waals surface area contributed by atoms with Gasteiger partial charge in [-0.15, -0.1) is 0 Å². The first-order valence-electron chi connectivity index (χ1n) is 7.58. The molecule has 0 saturated heterocycles. The molecule has 0 unspecified atom stereocenters. The lowest BCUT2D eigenvalue weighted by Gasteiger charge is -2.11. The first-order chi connectivity index (χ1) is 11.9. The predicted molar refractivity (Wildman–Crippen MR) is 102 cm³/mol. The van der Waals surface area contributed by atoms with Crippen molar-refractivity contribution in [3.8, 4) is 0 Å². The van der Waals surface area contributed by atoms with Crippen molar-refractivity contribution >= 4 is 46.1 Å². The smallest absolute Gasteiger partial charge is 0.308 e. The summed E-state index contributed by atoms with van der Waals surface area (Å²) in [6.45, 7) is 2.29. The van der Waals surface area contributed by atoms with Gasteiger partial charge in [0.25, 0.3) is 5.56 Å². The molecule has 1 aromatic carbocycles. The molecule has 0 aliphatic carbocycles. The van der Waals surface area contributed by atoms with E-state index in [1.54, 1.807) is 29.8 Å². The maximum absolute atomic E-state index is 12.7. The summed E-state index contributed by atoms with van der Waals surface area (Å²) in [6.07, 6.45) is 0. The molecule has 0 bridgehead atoms. The zero-order valence-corrected chi connectivity index (χ0v) is 16.2. The summed E-state index contributed by atoms with van der Waals surface area (Å²) in [7, 11) is 3.06. The predicted octanol–water partition coefficient (Wildman–Crippen LogP) is 2.90. The van der Waals surface area contributed by atoms with Crippen LogP contribution in [0.2, 0.25) is 10.0 Å². The van der Waals surface area contributed by atoms with E-state index in [0.717, 1.165) is 10.3 Å². The minimum absolute atomic E-state index is 0.296. The zero-order chi connectivity index (χ0) is 18.3. The summed E-state index contributed by atoms with van der Waals surface area (Å²) < 4.78 is 4.23. The van der Waals surface area contributed by atoms with Crippen LogP contribution in [0.3, 0.4) is 0 Å². The van der Waals surface area contributed by atoms with Gasteiger partial charge in [-0.1, -0.05) is 48.0 Å². The summed E-state index contributed by atoms with van der Waals surface area (Å²) in [5.74, 6) is 0.772. The molecule has 0 atom stereocenters. The third-order valence-electron chi connectivity index (χ3n) is 3.96. The van der Waals surface area contributed by atoms with Crippen LogP contribution >= 0.6 is 35.0 Å². The lowest BCUT2D eigenvalue weighted by Crippen LogP contribution is -2.37. The van der Waals surface area contributed by atoms with E-state index in [1.165, 1.54) is 23.4 Å². The molecular formula is C16H16Cl2N4O2S.